The highest BCUT2D eigenvalue weighted by Gasteiger charge is 2.45. The third-order valence-corrected chi connectivity index (χ3v) is 4.21. The first kappa shape index (κ1) is 12.7. The van der Waals surface area contributed by atoms with Crippen LogP contribution in [-0.4, -0.2) is 16.2 Å². The van der Waals surface area contributed by atoms with Gasteiger partial charge in [-0.1, -0.05) is 36.4 Å². The predicted molar refractivity (Wildman–Crippen MR) is 75.9 cm³/mol. The van der Waals surface area contributed by atoms with Gasteiger partial charge in [0, 0.05) is 0 Å². The molecular formula is C17H16O3. The standard InChI is InChI=1S/C17H16O3/c18-14-7-5-12(6-8-14)11-17(16(19)20)10-9-13-3-1-2-4-15(13)17/h1-8,18H,9-11H2,(H,19,20). The quantitative estimate of drug-likeness (QED) is 0.900. The van der Waals surface area contributed by atoms with Crippen LogP contribution in [0.4, 0.5) is 0 Å². The lowest BCUT2D eigenvalue weighted by atomic mass is 9.76. The molecule has 0 bridgehead atoms. The Bertz CT molecular complexity index is 646. The van der Waals surface area contributed by atoms with E-state index in [2.05, 4.69) is 0 Å². The van der Waals surface area contributed by atoms with Crippen molar-refractivity contribution < 1.29 is 15.0 Å². The van der Waals surface area contributed by atoms with Crippen LogP contribution in [-0.2, 0) is 23.1 Å². The normalized spacial score (nSPS) is 20.6. The molecule has 20 heavy (non-hydrogen) atoms. The fourth-order valence-electron chi connectivity index (χ4n) is 3.13. The van der Waals surface area contributed by atoms with Gasteiger partial charge in [-0.3, -0.25) is 4.79 Å². The zero-order valence-electron chi connectivity index (χ0n) is 11.0. The summed E-state index contributed by atoms with van der Waals surface area (Å²) in [6.45, 7) is 0. The number of rotatable bonds is 3. The third-order valence-electron chi connectivity index (χ3n) is 4.21. The van der Waals surface area contributed by atoms with Crippen molar-refractivity contribution in [3.8, 4) is 5.75 Å². The van der Waals surface area contributed by atoms with E-state index in [9.17, 15) is 15.0 Å². The monoisotopic (exact) mass is 268 g/mol. The van der Waals surface area contributed by atoms with Crippen LogP contribution in [0.1, 0.15) is 23.1 Å². The Labute approximate surface area is 117 Å². The molecule has 2 aromatic carbocycles. The molecule has 0 spiro atoms. The molecule has 3 heteroatoms. The van der Waals surface area contributed by atoms with Crippen molar-refractivity contribution in [1.29, 1.82) is 0 Å². The number of carbonyl (C=O) groups is 1. The Morgan fingerprint density at radius 2 is 1.80 bits per heavy atom. The first-order valence-electron chi connectivity index (χ1n) is 6.71. The summed E-state index contributed by atoms with van der Waals surface area (Å²) >= 11 is 0. The first-order chi connectivity index (χ1) is 9.62. The van der Waals surface area contributed by atoms with Crippen LogP contribution in [0.25, 0.3) is 0 Å². The van der Waals surface area contributed by atoms with E-state index >= 15 is 0 Å². The minimum Gasteiger partial charge on any atom is -0.508 e. The van der Waals surface area contributed by atoms with Crippen molar-refractivity contribution in [2.45, 2.75) is 24.7 Å². The van der Waals surface area contributed by atoms with E-state index < -0.39 is 11.4 Å². The fraction of sp³-hybridized carbons (Fsp3) is 0.235. The van der Waals surface area contributed by atoms with Gasteiger partial charge >= 0.3 is 5.97 Å². The highest BCUT2D eigenvalue weighted by molar-refractivity contribution is 5.83. The summed E-state index contributed by atoms with van der Waals surface area (Å²) in [4.78, 5) is 11.9. The Morgan fingerprint density at radius 3 is 2.50 bits per heavy atom. The number of aromatic hydroxyl groups is 1. The maximum absolute atomic E-state index is 11.9. The van der Waals surface area contributed by atoms with E-state index in [1.807, 2.05) is 24.3 Å². The van der Waals surface area contributed by atoms with Gasteiger partial charge in [-0.2, -0.15) is 0 Å². The SMILES string of the molecule is O=C(O)C1(Cc2ccc(O)cc2)CCc2ccccc21. The van der Waals surface area contributed by atoms with Gasteiger partial charge in [-0.15, -0.1) is 0 Å². The van der Waals surface area contributed by atoms with Gasteiger partial charge in [0.25, 0.3) is 0 Å². The molecule has 1 aliphatic rings. The Kier molecular flexibility index (Phi) is 2.97. The van der Waals surface area contributed by atoms with Crippen molar-refractivity contribution in [2.24, 2.45) is 0 Å². The van der Waals surface area contributed by atoms with E-state index in [1.54, 1.807) is 24.3 Å². The van der Waals surface area contributed by atoms with Crippen molar-refractivity contribution >= 4 is 5.97 Å². The molecular weight excluding hydrogens is 252 g/mol. The molecule has 0 fully saturated rings. The molecule has 0 radical (unpaired) electrons. The maximum atomic E-state index is 11.9. The van der Waals surface area contributed by atoms with Gasteiger partial charge < -0.3 is 10.2 Å². The minimum absolute atomic E-state index is 0.199. The summed E-state index contributed by atoms with van der Waals surface area (Å²) in [5.74, 6) is -0.569. The van der Waals surface area contributed by atoms with Gasteiger partial charge in [0.1, 0.15) is 5.75 Å². The number of benzene rings is 2. The number of aliphatic carboxylic acids is 1. The molecule has 0 saturated carbocycles. The van der Waals surface area contributed by atoms with Crippen LogP contribution in [0.5, 0.6) is 5.75 Å². The Morgan fingerprint density at radius 1 is 1.10 bits per heavy atom. The summed E-state index contributed by atoms with van der Waals surface area (Å²) in [5.41, 5.74) is 2.16. The number of aryl methyl sites for hydroxylation is 1. The van der Waals surface area contributed by atoms with Gasteiger partial charge in [-0.05, 0) is 48.1 Å². The number of phenols is 1. The summed E-state index contributed by atoms with van der Waals surface area (Å²) in [7, 11) is 0. The third kappa shape index (κ3) is 1.95. The molecule has 1 atom stereocenters. The first-order valence-corrected chi connectivity index (χ1v) is 6.71. The number of carboxylic acids is 1. The van der Waals surface area contributed by atoms with Crippen LogP contribution in [0.2, 0.25) is 0 Å². The number of hydrogen-bond donors (Lipinski definition) is 2. The topological polar surface area (TPSA) is 57.5 Å². The van der Waals surface area contributed by atoms with Gasteiger partial charge in [0.2, 0.25) is 0 Å². The lowest BCUT2D eigenvalue weighted by Crippen LogP contribution is -2.35. The maximum Gasteiger partial charge on any atom is 0.314 e. The predicted octanol–water partition coefficient (Wildman–Crippen LogP) is 2.90. The molecule has 0 aromatic heterocycles. The average Bonchev–Trinajstić information content (AvgIpc) is 2.82. The number of phenolic OH excluding ortho intramolecular Hbond substituents is 1. The molecule has 1 unspecified atom stereocenters. The molecule has 2 aromatic rings. The molecule has 2 N–H and O–H groups in total. The number of hydrogen-bond acceptors (Lipinski definition) is 2. The number of fused-ring (bicyclic) bond motifs is 1. The molecule has 3 rings (SSSR count). The van der Waals surface area contributed by atoms with Crippen LogP contribution in [0.3, 0.4) is 0 Å². The highest BCUT2D eigenvalue weighted by Crippen LogP contribution is 2.41. The molecule has 0 amide bonds. The summed E-state index contributed by atoms with van der Waals surface area (Å²) in [6, 6.07) is 14.6. The second-order valence-electron chi connectivity index (χ2n) is 5.39. The Hall–Kier alpha value is -2.29. The van der Waals surface area contributed by atoms with Gasteiger partial charge in [0.05, 0.1) is 5.41 Å². The van der Waals surface area contributed by atoms with Crippen molar-refractivity contribution in [1.82, 2.24) is 0 Å². The van der Waals surface area contributed by atoms with Crippen LogP contribution >= 0.6 is 0 Å². The number of carboxylic acid groups (broad SMARTS) is 1. The van der Waals surface area contributed by atoms with E-state index in [0.29, 0.717) is 12.8 Å². The zero-order valence-corrected chi connectivity index (χ0v) is 11.0. The van der Waals surface area contributed by atoms with E-state index in [1.165, 1.54) is 0 Å². The molecule has 102 valence electrons. The summed E-state index contributed by atoms with van der Waals surface area (Å²) in [5, 5.41) is 19.1. The van der Waals surface area contributed by atoms with Gasteiger partial charge in [0.15, 0.2) is 0 Å². The minimum atomic E-state index is -0.840. The zero-order chi connectivity index (χ0) is 14.2. The fourth-order valence-corrected chi connectivity index (χ4v) is 3.13. The lowest BCUT2D eigenvalue weighted by molar-refractivity contribution is -0.143. The molecule has 1 aliphatic carbocycles. The molecule has 0 aliphatic heterocycles. The van der Waals surface area contributed by atoms with Gasteiger partial charge in [-0.25, -0.2) is 0 Å². The second kappa shape index (κ2) is 4.67. The van der Waals surface area contributed by atoms with Crippen molar-refractivity contribution in [2.75, 3.05) is 0 Å². The van der Waals surface area contributed by atoms with E-state index in [4.69, 9.17) is 0 Å². The molecule has 0 saturated heterocycles. The second-order valence-corrected chi connectivity index (χ2v) is 5.39. The smallest absolute Gasteiger partial charge is 0.314 e. The van der Waals surface area contributed by atoms with Crippen LogP contribution in [0, 0.1) is 0 Å². The summed E-state index contributed by atoms with van der Waals surface area (Å²) in [6.07, 6.45) is 1.89. The van der Waals surface area contributed by atoms with E-state index in [0.717, 1.165) is 23.1 Å². The van der Waals surface area contributed by atoms with Crippen LogP contribution < -0.4 is 0 Å². The lowest BCUT2D eigenvalue weighted by Gasteiger charge is -2.25. The Balaban J connectivity index is 2.02. The summed E-state index contributed by atoms with van der Waals surface area (Å²) < 4.78 is 0. The average molecular weight is 268 g/mol. The molecule has 0 heterocycles. The highest BCUT2D eigenvalue weighted by atomic mass is 16.4. The largest absolute Gasteiger partial charge is 0.508 e. The van der Waals surface area contributed by atoms with Crippen molar-refractivity contribution in [3.05, 3.63) is 65.2 Å². The van der Waals surface area contributed by atoms with Crippen molar-refractivity contribution in [3.63, 3.8) is 0 Å². The molecule has 3 nitrogen and oxygen atoms in total. The van der Waals surface area contributed by atoms with E-state index in [-0.39, 0.29) is 5.75 Å². The van der Waals surface area contributed by atoms with Crippen LogP contribution in [0.15, 0.2) is 48.5 Å².